The first-order chi connectivity index (χ1) is 9.49. The SMILES string of the molecule is CC1NCCC1C(=O)N(Cc1cccc(Cl)c1)C(C)C. The third kappa shape index (κ3) is 3.53. The van der Waals surface area contributed by atoms with Crippen LogP contribution in [-0.2, 0) is 11.3 Å². The van der Waals surface area contributed by atoms with Crippen molar-refractivity contribution in [3.63, 3.8) is 0 Å². The molecule has 0 radical (unpaired) electrons. The minimum absolute atomic E-state index is 0.0941. The predicted octanol–water partition coefficient (Wildman–Crippen LogP) is 3.08. The minimum atomic E-state index is 0.0941. The van der Waals surface area contributed by atoms with Gasteiger partial charge < -0.3 is 10.2 Å². The maximum atomic E-state index is 12.7. The summed E-state index contributed by atoms with van der Waals surface area (Å²) in [6, 6.07) is 8.19. The maximum absolute atomic E-state index is 12.7. The van der Waals surface area contributed by atoms with Gasteiger partial charge in [-0.15, -0.1) is 0 Å². The van der Waals surface area contributed by atoms with Crippen LogP contribution in [0.4, 0.5) is 0 Å². The van der Waals surface area contributed by atoms with Crippen molar-refractivity contribution in [2.45, 2.75) is 45.8 Å². The molecule has 3 nitrogen and oxygen atoms in total. The van der Waals surface area contributed by atoms with Crippen molar-refractivity contribution in [1.29, 1.82) is 0 Å². The third-order valence-corrected chi connectivity index (χ3v) is 4.23. The molecule has 1 saturated heterocycles. The van der Waals surface area contributed by atoms with E-state index in [1.54, 1.807) is 0 Å². The molecule has 1 fully saturated rings. The molecule has 1 aliphatic heterocycles. The van der Waals surface area contributed by atoms with Crippen LogP contribution in [0.15, 0.2) is 24.3 Å². The van der Waals surface area contributed by atoms with Crippen LogP contribution in [0.1, 0.15) is 32.8 Å². The third-order valence-electron chi connectivity index (χ3n) is 3.99. The molecule has 1 heterocycles. The summed E-state index contributed by atoms with van der Waals surface area (Å²) < 4.78 is 0. The van der Waals surface area contributed by atoms with Crippen molar-refractivity contribution >= 4 is 17.5 Å². The smallest absolute Gasteiger partial charge is 0.227 e. The molecule has 1 amide bonds. The highest BCUT2D eigenvalue weighted by Crippen LogP contribution is 2.22. The molecule has 20 heavy (non-hydrogen) atoms. The topological polar surface area (TPSA) is 32.3 Å². The van der Waals surface area contributed by atoms with E-state index in [1.807, 2.05) is 29.2 Å². The number of nitrogens with one attached hydrogen (secondary N) is 1. The second-order valence-electron chi connectivity index (χ2n) is 5.83. The molecule has 0 aliphatic carbocycles. The first-order valence-corrected chi connectivity index (χ1v) is 7.65. The molecule has 1 aromatic rings. The first kappa shape index (κ1) is 15.3. The lowest BCUT2D eigenvalue weighted by Crippen LogP contribution is -2.43. The Morgan fingerprint density at radius 3 is 2.80 bits per heavy atom. The van der Waals surface area contributed by atoms with Crippen molar-refractivity contribution < 1.29 is 4.79 Å². The average Bonchev–Trinajstić information content (AvgIpc) is 2.81. The van der Waals surface area contributed by atoms with E-state index in [9.17, 15) is 4.79 Å². The second-order valence-corrected chi connectivity index (χ2v) is 6.26. The number of nitrogens with zero attached hydrogens (tertiary/aromatic N) is 1. The Morgan fingerprint density at radius 2 is 2.25 bits per heavy atom. The zero-order valence-electron chi connectivity index (χ0n) is 12.4. The quantitative estimate of drug-likeness (QED) is 0.925. The molecule has 2 atom stereocenters. The fourth-order valence-electron chi connectivity index (χ4n) is 2.76. The van der Waals surface area contributed by atoms with Crippen LogP contribution in [0.3, 0.4) is 0 Å². The summed E-state index contributed by atoms with van der Waals surface area (Å²) in [6.45, 7) is 7.78. The number of carbonyl (C=O) groups is 1. The minimum Gasteiger partial charge on any atom is -0.336 e. The lowest BCUT2D eigenvalue weighted by Gasteiger charge is -2.30. The normalized spacial score (nSPS) is 22.2. The van der Waals surface area contributed by atoms with Gasteiger partial charge in [0.1, 0.15) is 0 Å². The Bertz CT molecular complexity index is 475. The lowest BCUT2D eigenvalue weighted by atomic mass is 9.99. The molecule has 2 unspecified atom stereocenters. The fourth-order valence-corrected chi connectivity index (χ4v) is 2.97. The van der Waals surface area contributed by atoms with Gasteiger partial charge in [-0.1, -0.05) is 23.7 Å². The van der Waals surface area contributed by atoms with Crippen molar-refractivity contribution in [2.75, 3.05) is 6.54 Å². The largest absolute Gasteiger partial charge is 0.336 e. The molecule has 110 valence electrons. The van der Waals surface area contributed by atoms with Gasteiger partial charge in [0, 0.05) is 23.7 Å². The Hall–Kier alpha value is -1.06. The van der Waals surface area contributed by atoms with Gasteiger partial charge in [-0.3, -0.25) is 4.79 Å². The molecular formula is C16H23ClN2O. The van der Waals surface area contributed by atoms with E-state index in [0.717, 1.165) is 23.6 Å². The lowest BCUT2D eigenvalue weighted by molar-refractivity contribution is -0.138. The van der Waals surface area contributed by atoms with Gasteiger partial charge in [0.05, 0.1) is 5.92 Å². The van der Waals surface area contributed by atoms with Crippen molar-refractivity contribution in [1.82, 2.24) is 10.2 Å². The van der Waals surface area contributed by atoms with Gasteiger partial charge in [0.2, 0.25) is 5.91 Å². The number of benzene rings is 1. The van der Waals surface area contributed by atoms with Crippen molar-refractivity contribution in [2.24, 2.45) is 5.92 Å². The number of amides is 1. The molecule has 0 saturated carbocycles. The van der Waals surface area contributed by atoms with Gasteiger partial charge >= 0.3 is 0 Å². The Kier molecular flexibility index (Phi) is 5.06. The Balaban J connectivity index is 2.12. The summed E-state index contributed by atoms with van der Waals surface area (Å²) in [7, 11) is 0. The van der Waals surface area contributed by atoms with Crippen molar-refractivity contribution in [3.05, 3.63) is 34.9 Å². The summed E-state index contributed by atoms with van der Waals surface area (Å²) in [5.41, 5.74) is 1.08. The van der Waals surface area contributed by atoms with Gasteiger partial charge in [0.25, 0.3) is 0 Å². The molecular weight excluding hydrogens is 272 g/mol. The van der Waals surface area contributed by atoms with Crippen LogP contribution >= 0.6 is 11.6 Å². The van der Waals surface area contributed by atoms with Crippen LogP contribution < -0.4 is 5.32 Å². The van der Waals surface area contributed by atoms with E-state index in [-0.39, 0.29) is 23.9 Å². The van der Waals surface area contributed by atoms with Gasteiger partial charge in [-0.25, -0.2) is 0 Å². The summed E-state index contributed by atoms with van der Waals surface area (Å²) >= 11 is 6.02. The highest BCUT2D eigenvalue weighted by atomic mass is 35.5. The van der Waals surface area contributed by atoms with Gasteiger partial charge in [-0.2, -0.15) is 0 Å². The van der Waals surface area contributed by atoms with Crippen molar-refractivity contribution in [3.8, 4) is 0 Å². The van der Waals surface area contributed by atoms with E-state index in [2.05, 4.69) is 26.1 Å². The predicted molar refractivity (Wildman–Crippen MR) is 82.7 cm³/mol. The number of hydrogen-bond donors (Lipinski definition) is 1. The van der Waals surface area contributed by atoms with E-state index >= 15 is 0 Å². The first-order valence-electron chi connectivity index (χ1n) is 7.27. The molecule has 1 N–H and O–H groups in total. The van der Waals surface area contributed by atoms with E-state index in [4.69, 9.17) is 11.6 Å². The summed E-state index contributed by atoms with van der Waals surface area (Å²) in [4.78, 5) is 14.7. The molecule has 0 spiro atoms. The van der Waals surface area contributed by atoms with Gasteiger partial charge in [-0.05, 0) is 51.4 Å². The fraction of sp³-hybridized carbons (Fsp3) is 0.562. The Morgan fingerprint density at radius 1 is 1.50 bits per heavy atom. The second kappa shape index (κ2) is 6.59. The summed E-state index contributed by atoms with van der Waals surface area (Å²) in [5, 5.41) is 4.07. The average molecular weight is 295 g/mol. The monoisotopic (exact) mass is 294 g/mol. The summed E-state index contributed by atoms with van der Waals surface area (Å²) in [6.07, 6.45) is 0.929. The highest BCUT2D eigenvalue weighted by Gasteiger charge is 2.33. The van der Waals surface area contributed by atoms with Crippen LogP contribution in [0.25, 0.3) is 0 Å². The van der Waals surface area contributed by atoms with Gasteiger partial charge in [0.15, 0.2) is 0 Å². The van der Waals surface area contributed by atoms with E-state index in [1.165, 1.54) is 0 Å². The number of halogens is 1. The molecule has 1 aromatic carbocycles. The number of rotatable bonds is 4. The standard InChI is InChI=1S/C16H23ClN2O/c1-11(2)19(10-13-5-4-6-14(17)9-13)16(20)15-7-8-18-12(15)3/h4-6,9,11-12,15,18H,7-8,10H2,1-3H3. The molecule has 0 aromatic heterocycles. The number of hydrogen-bond acceptors (Lipinski definition) is 2. The summed E-state index contributed by atoms with van der Waals surface area (Å²) in [5.74, 6) is 0.342. The highest BCUT2D eigenvalue weighted by molar-refractivity contribution is 6.30. The molecule has 2 rings (SSSR count). The molecule has 0 bridgehead atoms. The van der Waals surface area contributed by atoms with Crippen LogP contribution in [0.2, 0.25) is 5.02 Å². The maximum Gasteiger partial charge on any atom is 0.227 e. The van der Waals surface area contributed by atoms with Crippen LogP contribution in [-0.4, -0.2) is 29.4 Å². The van der Waals surface area contributed by atoms with Crippen LogP contribution in [0.5, 0.6) is 0 Å². The number of carbonyl (C=O) groups excluding carboxylic acids is 1. The Labute approximate surface area is 126 Å². The zero-order chi connectivity index (χ0) is 14.7. The molecule has 4 heteroatoms. The zero-order valence-corrected chi connectivity index (χ0v) is 13.2. The van der Waals surface area contributed by atoms with E-state index in [0.29, 0.717) is 6.54 Å². The van der Waals surface area contributed by atoms with E-state index < -0.39 is 0 Å². The van der Waals surface area contributed by atoms with Crippen LogP contribution in [0, 0.1) is 5.92 Å². The molecule has 1 aliphatic rings.